The summed E-state index contributed by atoms with van der Waals surface area (Å²) in [5.74, 6) is 0.284. The minimum absolute atomic E-state index is 0.0125. The molecule has 4 rings (SSSR count). The van der Waals surface area contributed by atoms with Gasteiger partial charge in [0.25, 0.3) is 11.8 Å². The van der Waals surface area contributed by atoms with Gasteiger partial charge in [-0.15, -0.1) is 0 Å². The summed E-state index contributed by atoms with van der Waals surface area (Å²) in [7, 11) is 0. The van der Waals surface area contributed by atoms with Crippen molar-refractivity contribution < 1.29 is 14.3 Å². The summed E-state index contributed by atoms with van der Waals surface area (Å²) < 4.78 is 5.75. The van der Waals surface area contributed by atoms with E-state index in [1.165, 1.54) is 0 Å². The molecule has 2 aliphatic rings. The predicted octanol–water partition coefficient (Wildman–Crippen LogP) is 2.68. The van der Waals surface area contributed by atoms with Gasteiger partial charge in [0.05, 0.1) is 29.7 Å². The lowest BCUT2D eigenvalue weighted by atomic mass is 9.90. The van der Waals surface area contributed by atoms with Crippen LogP contribution in [-0.4, -0.2) is 70.2 Å². The van der Waals surface area contributed by atoms with Crippen LogP contribution in [0.1, 0.15) is 59.0 Å². The van der Waals surface area contributed by atoms with Crippen LogP contribution in [0.5, 0.6) is 0 Å². The van der Waals surface area contributed by atoms with Crippen LogP contribution in [0, 0.1) is 0 Å². The van der Waals surface area contributed by atoms with Gasteiger partial charge in [-0.1, -0.05) is 18.2 Å². The van der Waals surface area contributed by atoms with Crippen LogP contribution in [-0.2, 0) is 4.74 Å². The molecule has 2 aliphatic heterocycles. The van der Waals surface area contributed by atoms with E-state index in [0.29, 0.717) is 31.7 Å². The highest BCUT2D eigenvalue weighted by Crippen LogP contribution is 2.30. The maximum absolute atomic E-state index is 13.1. The smallest absolute Gasteiger partial charge is 0.257 e. The van der Waals surface area contributed by atoms with Gasteiger partial charge in [-0.3, -0.25) is 14.7 Å². The summed E-state index contributed by atoms with van der Waals surface area (Å²) in [6.07, 6.45) is 3.34. The minimum atomic E-state index is 0.0125. The monoisotopic (exact) mass is 396 g/mol. The minimum Gasteiger partial charge on any atom is -0.372 e. The van der Waals surface area contributed by atoms with Crippen molar-refractivity contribution in [3.05, 3.63) is 53.3 Å². The Balaban J connectivity index is 1.42. The maximum Gasteiger partial charge on any atom is 0.257 e. The van der Waals surface area contributed by atoms with Gasteiger partial charge in [-0.25, -0.2) is 0 Å². The zero-order valence-corrected chi connectivity index (χ0v) is 17.0. The summed E-state index contributed by atoms with van der Waals surface area (Å²) >= 11 is 0. The molecule has 1 N–H and O–H groups in total. The molecule has 0 saturated carbocycles. The molecule has 2 atom stereocenters. The van der Waals surface area contributed by atoms with Crippen molar-refractivity contribution >= 4 is 11.8 Å². The van der Waals surface area contributed by atoms with Crippen LogP contribution >= 0.6 is 0 Å². The van der Waals surface area contributed by atoms with Gasteiger partial charge in [0.2, 0.25) is 0 Å². The molecule has 29 heavy (non-hydrogen) atoms. The highest BCUT2D eigenvalue weighted by Gasteiger charge is 2.32. The largest absolute Gasteiger partial charge is 0.372 e. The number of ether oxygens (including phenoxy) is 1. The topological polar surface area (TPSA) is 78.5 Å². The Labute approximate surface area is 171 Å². The first-order valence-corrected chi connectivity index (χ1v) is 10.3. The summed E-state index contributed by atoms with van der Waals surface area (Å²) in [6, 6.07) is 9.39. The highest BCUT2D eigenvalue weighted by molar-refractivity contribution is 5.95. The van der Waals surface area contributed by atoms with E-state index in [2.05, 4.69) is 10.2 Å². The molecule has 2 aromatic rings. The fourth-order valence-corrected chi connectivity index (χ4v) is 4.43. The Morgan fingerprint density at radius 2 is 1.66 bits per heavy atom. The number of nitrogens with one attached hydrogen (secondary N) is 1. The van der Waals surface area contributed by atoms with Crippen molar-refractivity contribution in [2.75, 3.05) is 26.2 Å². The molecule has 0 radical (unpaired) electrons. The lowest BCUT2D eigenvalue weighted by molar-refractivity contribution is -0.0586. The number of likely N-dealkylation sites (tertiary alicyclic amines) is 1. The number of hydrogen-bond acceptors (Lipinski definition) is 4. The molecule has 0 spiro atoms. The van der Waals surface area contributed by atoms with Crippen LogP contribution in [0.4, 0.5) is 0 Å². The van der Waals surface area contributed by atoms with Crippen LogP contribution in [0.15, 0.2) is 36.5 Å². The normalized spacial score (nSPS) is 23.2. The molecule has 0 unspecified atom stereocenters. The highest BCUT2D eigenvalue weighted by atomic mass is 16.5. The molecule has 7 nitrogen and oxygen atoms in total. The zero-order chi connectivity index (χ0) is 20.4. The number of rotatable bonds is 3. The number of piperidine rings is 1. The van der Waals surface area contributed by atoms with Gasteiger partial charge in [-0.05, 0) is 38.8 Å². The Kier molecular flexibility index (Phi) is 5.67. The van der Waals surface area contributed by atoms with E-state index in [9.17, 15) is 9.59 Å². The van der Waals surface area contributed by atoms with Gasteiger partial charge >= 0.3 is 0 Å². The third-order valence-electron chi connectivity index (χ3n) is 5.82. The van der Waals surface area contributed by atoms with Crippen LogP contribution in [0.25, 0.3) is 0 Å². The summed E-state index contributed by atoms with van der Waals surface area (Å²) in [4.78, 5) is 29.5. The SMILES string of the molecule is C[C@@H]1CN(C(=O)c2cn[nH]c2C2CCN(C(=O)c3ccccc3)CC2)C[C@@H](C)O1. The average Bonchev–Trinajstić information content (AvgIpc) is 3.22. The quantitative estimate of drug-likeness (QED) is 0.865. The third-order valence-corrected chi connectivity index (χ3v) is 5.82. The van der Waals surface area contributed by atoms with Gasteiger partial charge in [-0.2, -0.15) is 5.10 Å². The Hall–Kier alpha value is -2.67. The predicted molar refractivity (Wildman–Crippen MR) is 109 cm³/mol. The average molecular weight is 396 g/mol. The Bertz CT molecular complexity index is 848. The van der Waals surface area contributed by atoms with E-state index in [4.69, 9.17) is 4.74 Å². The number of hydrogen-bond donors (Lipinski definition) is 1. The van der Waals surface area contributed by atoms with Gasteiger partial charge in [0.15, 0.2) is 0 Å². The first kappa shape index (κ1) is 19.6. The van der Waals surface area contributed by atoms with E-state index >= 15 is 0 Å². The van der Waals surface area contributed by atoms with Crippen molar-refractivity contribution in [1.29, 1.82) is 0 Å². The van der Waals surface area contributed by atoms with E-state index in [1.54, 1.807) is 6.20 Å². The molecule has 2 saturated heterocycles. The Morgan fingerprint density at radius 3 is 2.31 bits per heavy atom. The third kappa shape index (κ3) is 4.19. The number of carbonyl (C=O) groups excluding carboxylic acids is 2. The second-order valence-electron chi connectivity index (χ2n) is 8.10. The second kappa shape index (κ2) is 8.37. The maximum atomic E-state index is 13.1. The molecule has 1 aromatic carbocycles. The number of morpholine rings is 1. The number of nitrogens with zero attached hydrogens (tertiary/aromatic N) is 3. The molecule has 154 valence electrons. The molecule has 0 aliphatic carbocycles. The number of amides is 2. The Morgan fingerprint density at radius 1 is 1.00 bits per heavy atom. The van der Waals surface area contributed by atoms with Crippen molar-refractivity contribution in [1.82, 2.24) is 20.0 Å². The zero-order valence-electron chi connectivity index (χ0n) is 17.0. The fraction of sp³-hybridized carbons (Fsp3) is 0.500. The molecule has 1 aromatic heterocycles. The van der Waals surface area contributed by atoms with Crippen molar-refractivity contribution in [3.8, 4) is 0 Å². The number of aromatic amines is 1. The van der Waals surface area contributed by atoms with E-state index in [1.807, 2.05) is 54.0 Å². The molecule has 3 heterocycles. The van der Waals surface area contributed by atoms with Crippen LogP contribution in [0.2, 0.25) is 0 Å². The lowest BCUT2D eigenvalue weighted by Gasteiger charge is -2.36. The van der Waals surface area contributed by atoms with Gasteiger partial charge in [0.1, 0.15) is 0 Å². The van der Waals surface area contributed by atoms with Crippen LogP contribution in [0.3, 0.4) is 0 Å². The molecular weight excluding hydrogens is 368 g/mol. The standard InChI is InChI=1S/C22H28N4O3/c1-15-13-26(14-16(2)29-15)22(28)19-12-23-24-20(19)17-8-10-25(11-9-17)21(27)18-6-4-3-5-7-18/h3-7,12,15-17H,8-11,13-14H2,1-2H3,(H,23,24)/t15-,16-/m1/s1. The lowest BCUT2D eigenvalue weighted by Crippen LogP contribution is -2.48. The molecule has 7 heteroatoms. The first-order valence-electron chi connectivity index (χ1n) is 10.3. The molecule has 2 amide bonds. The number of H-pyrrole nitrogens is 1. The first-order chi connectivity index (χ1) is 14.0. The van der Waals surface area contributed by atoms with Gasteiger partial charge in [0, 0.05) is 37.7 Å². The van der Waals surface area contributed by atoms with E-state index < -0.39 is 0 Å². The number of benzene rings is 1. The number of carbonyl (C=O) groups is 2. The summed E-state index contributed by atoms with van der Waals surface area (Å²) in [6.45, 7) is 6.53. The fourth-order valence-electron chi connectivity index (χ4n) is 4.43. The number of aromatic nitrogens is 2. The second-order valence-corrected chi connectivity index (χ2v) is 8.10. The summed E-state index contributed by atoms with van der Waals surface area (Å²) in [5.41, 5.74) is 2.27. The van der Waals surface area contributed by atoms with Gasteiger partial charge < -0.3 is 14.5 Å². The molecule has 2 fully saturated rings. The van der Waals surface area contributed by atoms with Crippen molar-refractivity contribution in [2.45, 2.75) is 44.8 Å². The van der Waals surface area contributed by atoms with Crippen molar-refractivity contribution in [3.63, 3.8) is 0 Å². The van der Waals surface area contributed by atoms with E-state index in [0.717, 1.165) is 24.1 Å². The molecule has 0 bridgehead atoms. The van der Waals surface area contributed by atoms with E-state index in [-0.39, 0.29) is 29.9 Å². The van der Waals surface area contributed by atoms with Crippen molar-refractivity contribution in [2.24, 2.45) is 0 Å². The summed E-state index contributed by atoms with van der Waals surface area (Å²) in [5, 5.41) is 7.23. The van der Waals surface area contributed by atoms with Crippen LogP contribution < -0.4 is 0 Å². The molecular formula is C22H28N4O3.